The van der Waals surface area contributed by atoms with Crippen LogP contribution >= 0.6 is 0 Å². The highest BCUT2D eigenvalue weighted by molar-refractivity contribution is 5.82. The van der Waals surface area contributed by atoms with Crippen LogP contribution in [0.15, 0.2) is 71.3 Å². The molecule has 2 aliphatic rings. The summed E-state index contributed by atoms with van der Waals surface area (Å²) in [7, 11) is 1.75. The molecule has 0 aliphatic carbocycles. The summed E-state index contributed by atoms with van der Waals surface area (Å²) in [6, 6.07) is 18.6. The van der Waals surface area contributed by atoms with Crippen LogP contribution in [0.4, 0.5) is 13.2 Å². The van der Waals surface area contributed by atoms with Crippen LogP contribution in [0, 0.1) is 5.92 Å². The quantitative estimate of drug-likeness (QED) is 0.440. The number of hydrogen-bond donors (Lipinski definition) is 1. The van der Waals surface area contributed by atoms with Crippen molar-refractivity contribution in [2.45, 2.75) is 31.6 Å². The normalized spacial score (nSPS) is 19.9. The van der Waals surface area contributed by atoms with Crippen molar-refractivity contribution in [2.75, 3.05) is 39.8 Å². The maximum atomic E-state index is 12.3. The van der Waals surface area contributed by atoms with E-state index in [1.54, 1.807) is 18.1 Å². The average Bonchev–Trinajstić information content (AvgIpc) is 3.58. The Morgan fingerprint density at radius 3 is 2.52 bits per heavy atom. The van der Waals surface area contributed by atoms with E-state index < -0.39 is 24.7 Å². The molecule has 3 aromatic rings. The number of cyclic esters (lactones) is 1. The highest BCUT2D eigenvalue weighted by Gasteiger charge is 2.34. The number of carbonyl (C=O) groups is 2. The lowest BCUT2D eigenvalue weighted by Gasteiger charge is -2.38. The predicted molar refractivity (Wildman–Crippen MR) is 142 cm³/mol. The second kappa shape index (κ2) is 13.6. The molecule has 11 heteroatoms. The van der Waals surface area contributed by atoms with Crippen molar-refractivity contribution >= 4 is 11.9 Å². The standard InChI is InChI=1S/C19H22F3N3O2.C10H11NO2/c1-24-9-10-25(12-16(24)18(26)23-13-19(20,21)22)11-15-7-8-17(27-15)14-5-3-2-4-6-14;12-10-8(4-6-13-10)7-9-3-1-2-5-11-9/h2-8,16H,9-13H2,1H3,(H,23,26);1-3,5,8H,4,6-7H2/t16-;8-/m00/s1. The number of pyridine rings is 1. The van der Waals surface area contributed by atoms with E-state index in [0.717, 1.165) is 29.2 Å². The zero-order chi connectivity index (χ0) is 28.5. The third-order valence-electron chi connectivity index (χ3n) is 6.82. The van der Waals surface area contributed by atoms with Gasteiger partial charge in [-0.05, 0) is 37.7 Å². The Balaban J connectivity index is 0.000000236. The first kappa shape index (κ1) is 29.3. The van der Waals surface area contributed by atoms with Gasteiger partial charge in [0.15, 0.2) is 0 Å². The number of nitrogens with one attached hydrogen (secondary N) is 1. The Labute approximate surface area is 231 Å². The van der Waals surface area contributed by atoms with Crippen molar-refractivity contribution in [3.8, 4) is 11.3 Å². The molecular weight excluding hydrogens is 525 g/mol. The van der Waals surface area contributed by atoms with Crippen LogP contribution < -0.4 is 5.32 Å². The number of rotatable bonds is 7. The molecule has 0 radical (unpaired) electrons. The fourth-order valence-electron chi connectivity index (χ4n) is 4.60. The molecule has 2 aliphatic heterocycles. The number of nitrogens with zero attached hydrogens (tertiary/aromatic N) is 3. The maximum absolute atomic E-state index is 12.3. The smallest absolute Gasteiger partial charge is 0.405 e. The molecule has 1 N–H and O–H groups in total. The van der Waals surface area contributed by atoms with Crippen molar-refractivity contribution in [3.05, 3.63) is 78.3 Å². The Morgan fingerprint density at radius 2 is 1.85 bits per heavy atom. The summed E-state index contributed by atoms with van der Waals surface area (Å²) in [5.41, 5.74) is 1.94. The second-order valence-electron chi connectivity index (χ2n) is 9.87. The van der Waals surface area contributed by atoms with Gasteiger partial charge in [-0.15, -0.1) is 0 Å². The van der Waals surface area contributed by atoms with Crippen LogP contribution in [0.2, 0.25) is 0 Å². The van der Waals surface area contributed by atoms with Gasteiger partial charge < -0.3 is 14.5 Å². The number of benzene rings is 1. The summed E-state index contributed by atoms with van der Waals surface area (Å²) in [6.45, 7) is 1.41. The van der Waals surface area contributed by atoms with Gasteiger partial charge in [0.05, 0.1) is 19.1 Å². The molecule has 2 fully saturated rings. The van der Waals surface area contributed by atoms with Crippen molar-refractivity contribution in [3.63, 3.8) is 0 Å². The van der Waals surface area contributed by atoms with E-state index in [-0.39, 0.29) is 11.9 Å². The van der Waals surface area contributed by atoms with Crippen molar-refractivity contribution in [1.82, 2.24) is 20.1 Å². The van der Waals surface area contributed by atoms with Gasteiger partial charge in [-0.2, -0.15) is 13.2 Å². The number of hydrogen-bond acceptors (Lipinski definition) is 7. The van der Waals surface area contributed by atoms with E-state index in [4.69, 9.17) is 9.15 Å². The summed E-state index contributed by atoms with van der Waals surface area (Å²) in [5.74, 6) is 0.858. The van der Waals surface area contributed by atoms with Crippen LogP contribution in [-0.4, -0.2) is 78.7 Å². The van der Waals surface area contributed by atoms with E-state index in [2.05, 4.69) is 4.98 Å². The fraction of sp³-hybridized carbons (Fsp3) is 0.414. The van der Waals surface area contributed by atoms with Crippen LogP contribution in [0.5, 0.6) is 0 Å². The number of ether oxygens (including phenoxy) is 1. The molecule has 4 heterocycles. The van der Waals surface area contributed by atoms with Crippen molar-refractivity contribution in [2.24, 2.45) is 5.92 Å². The molecule has 2 aromatic heterocycles. The van der Waals surface area contributed by atoms with E-state index >= 15 is 0 Å². The lowest BCUT2D eigenvalue weighted by Crippen LogP contribution is -2.58. The van der Waals surface area contributed by atoms with Crippen LogP contribution in [0.25, 0.3) is 11.3 Å². The summed E-state index contributed by atoms with van der Waals surface area (Å²) in [5, 5.41) is 1.98. The average molecular weight is 559 g/mol. The van der Waals surface area contributed by atoms with Gasteiger partial charge in [-0.1, -0.05) is 36.4 Å². The monoisotopic (exact) mass is 558 g/mol. The van der Waals surface area contributed by atoms with E-state index in [1.807, 2.05) is 70.9 Å². The number of alkyl halides is 3. The number of esters is 1. The van der Waals surface area contributed by atoms with Gasteiger partial charge in [-0.3, -0.25) is 24.4 Å². The molecule has 5 rings (SSSR count). The maximum Gasteiger partial charge on any atom is 0.405 e. The summed E-state index contributed by atoms with van der Waals surface area (Å²) in [4.78, 5) is 31.2. The van der Waals surface area contributed by atoms with Crippen LogP contribution in [-0.2, 0) is 27.3 Å². The Bertz CT molecular complexity index is 1240. The first-order chi connectivity index (χ1) is 19.2. The van der Waals surface area contributed by atoms with E-state index in [1.165, 1.54) is 0 Å². The highest BCUT2D eigenvalue weighted by atomic mass is 19.4. The minimum atomic E-state index is -4.41. The van der Waals surface area contributed by atoms with Crippen molar-refractivity contribution in [1.29, 1.82) is 0 Å². The van der Waals surface area contributed by atoms with Gasteiger partial charge >= 0.3 is 12.1 Å². The molecule has 0 unspecified atom stereocenters. The third kappa shape index (κ3) is 8.65. The predicted octanol–water partition coefficient (Wildman–Crippen LogP) is 3.93. The van der Waals surface area contributed by atoms with Crippen LogP contribution in [0.1, 0.15) is 17.9 Å². The molecule has 40 heavy (non-hydrogen) atoms. The minimum absolute atomic E-state index is 0.0231. The molecule has 214 valence electrons. The first-order valence-electron chi connectivity index (χ1n) is 13.2. The van der Waals surface area contributed by atoms with Gasteiger partial charge in [-0.25, -0.2) is 0 Å². The largest absolute Gasteiger partial charge is 0.465 e. The lowest BCUT2D eigenvalue weighted by atomic mass is 10.0. The second-order valence-corrected chi connectivity index (χ2v) is 9.87. The third-order valence-corrected chi connectivity index (χ3v) is 6.82. The molecule has 0 spiro atoms. The molecule has 2 saturated heterocycles. The number of carbonyl (C=O) groups excluding carboxylic acids is 2. The number of furan rings is 1. The van der Waals surface area contributed by atoms with Crippen molar-refractivity contribution < 1.29 is 31.9 Å². The molecule has 1 amide bonds. The summed E-state index contributed by atoms with van der Waals surface area (Å²) < 4.78 is 47.8. The number of halogens is 3. The van der Waals surface area contributed by atoms with Gasteiger partial charge in [0.2, 0.25) is 5.91 Å². The molecule has 1 aromatic carbocycles. The lowest BCUT2D eigenvalue weighted by molar-refractivity contribution is -0.142. The Kier molecular flexibility index (Phi) is 9.94. The Hall–Kier alpha value is -3.70. The van der Waals surface area contributed by atoms with E-state index in [9.17, 15) is 22.8 Å². The summed E-state index contributed by atoms with van der Waals surface area (Å²) in [6.07, 6.45) is -1.13. The molecular formula is C29H33F3N4O4. The number of likely N-dealkylation sites (N-methyl/N-ethyl adjacent to an activating group) is 1. The SMILES string of the molecule is CN1CCN(Cc2ccc(-c3ccccc3)o2)C[C@H]1C(=O)NCC(F)(F)F.O=C1OCC[C@H]1Cc1ccccn1. The first-order valence-corrected chi connectivity index (χ1v) is 13.2. The summed E-state index contributed by atoms with van der Waals surface area (Å²) >= 11 is 0. The van der Waals surface area contributed by atoms with Crippen LogP contribution in [0.3, 0.4) is 0 Å². The van der Waals surface area contributed by atoms with E-state index in [0.29, 0.717) is 39.2 Å². The molecule has 2 atom stereocenters. The highest BCUT2D eigenvalue weighted by Crippen LogP contribution is 2.23. The topological polar surface area (TPSA) is 87.9 Å². The fourth-order valence-corrected chi connectivity index (χ4v) is 4.60. The zero-order valence-corrected chi connectivity index (χ0v) is 22.3. The van der Waals surface area contributed by atoms with Gasteiger partial charge in [0.25, 0.3) is 0 Å². The molecule has 8 nitrogen and oxygen atoms in total. The Morgan fingerprint density at radius 1 is 1.07 bits per heavy atom. The zero-order valence-electron chi connectivity index (χ0n) is 22.3. The molecule has 0 bridgehead atoms. The number of aromatic nitrogens is 1. The van der Waals surface area contributed by atoms with Gasteiger partial charge in [0.1, 0.15) is 24.1 Å². The van der Waals surface area contributed by atoms with Gasteiger partial charge in [0, 0.05) is 43.5 Å². The number of piperazine rings is 1. The number of amides is 1. The minimum Gasteiger partial charge on any atom is -0.465 e. The molecule has 0 saturated carbocycles.